The predicted molar refractivity (Wildman–Crippen MR) is 111 cm³/mol. The molecule has 0 fully saturated rings. The zero-order valence-corrected chi connectivity index (χ0v) is 16.4. The van der Waals surface area contributed by atoms with Crippen LogP contribution in [0, 0.1) is 18.6 Å². The molecule has 0 amide bonds. The van der Waals surface area contributed by atoms with E-state index in [0.29, 0.717) is 27.9 Å². The lowest BCUT2D eigenvalue weighted by molar-refractivity contribution is 0.630. The van der Waals surface area contributed by atoms with Crippen LogP contribution in [-0.4, -0.2) is 32.7 Å². The Hall–Kier alpha value is -2.90. The molecule has 1 aliphatic heterocycles. The molecule has 4 heterocycles. The van der Waals surface area contributed by atoms with Crippen LogP contribution in [0.25, 0.3) is 33.4 Å². The Balaban J connectivity index is 0.00000205. The van der Waals surface area contributed by atoms with E-state index in [1.54, 1.807) is 29.8 Å². The van der Waals surface area contributed by atoms with Crippen molar-refractivity contribution < 1.29 is 8.78 Å². The molecule has 3 aromatic heterocycles. The zero-order valence-electron chi connectivity index (χ0n) is 15.6. The summed E-state index contributed by atoms with van der Waals surface area (Å²) in [5, 5.41) is 12.0. The first-order valence-corrected chi connectivity index (χ1v) is 9.11. The van der Waals surface area contributed by atoms with Gasteiger partial charge in [0.05, 0.1) is 16.9 Å². The summed E-state index contributed by atoms with van der Waals surface area (Å²) in [7, 11) is 0. The molecule has 0 atom stereocenters. The largest absolute Gasteiger partial charge is 0.313 e. The van der Waals surface area contributed by atoms with E-state index in [2.05, 4.69) is 26.6 Å². The van der Waals surface area contributed by atoms with Gasteiger partial charge in [0.25, 0.3) is 0 Å². The standard InChI is InChI=1S/C21H17F2N5.ClH/c1-12-10-28-11-15(7-18(23)21(28)25-12)19-9-16-17(22)6-14(8-20(16)27-26-19)13-2-4-24-5-3-13;/h2,6-11,24H,3-5H2,1H3;1H. The van der Waals surface area contributed by atoms with Gasteiger partial charge in [-0.15, -0.1) is 22.6 Å². The second kappa shape index (κ2) is 7.50. The van der Waals surface area contributed by atoms with Crippen LogP contribution >= 0.6 is 12.4 Å². The van der Waals surface area contributed by atoms with E-state index in [-0.39, 0.29) is 23.9 Å². The molecule has 4 aromatic rings. The SMILES string of the molecule is Cc1cn2cc(-c3cc4c(F)cc(C5=CCNCC5)cc4nn3)cc(F)c2n1.Cl. The van der Waals surface area contributed by atoms with Crippen molar-refractivity contribution >= 4 is 34.5 Å². The number of nitrogens with one attached hydrogen (secondary N) is 1. The number of fused-ring (bicyclic) bond motifs is 2. The number of hydrogen-bond acceptors (Lipinski definition) is 4. The molecule has 0 aliphatic carbocycles. The molecule has 29 heavy (non-hydrogen) atoms. The fourth-order valence-corrected chi connectivity index (χ4v) is 3.63. The van der Waals surface area contributed by atoms with Crippen LogP contribution in [0.5, 0.6) is 0 Å². The average Bonchev–Trinajstić information content (AvgIpc) is 3.09. The zero-order chi connectivity index (χ0) is 19.3. The number of rotatable bonds is 2. The Kier molecular flexibility index (Phi) is 5.02. The van der Waals surface area contributed by atoms with Gasteiger partial charge in [0.1, 0.15) is 5.82 Å². The lowest BCUT2D eigenvalue weighted by Crippen LogP contribution is -2.20. The smallest absolute Gasteiger partial charge is 0.173 e. The van der Waals surface area contributed by atoms with Gasteiger partial charge in [0, 0.05) is 29.9 Å². The summed E-state index contributed by atoms with van der Waals surface area (Å²) in [4.78, 5) is 4.15. The highest BCUT2D eigenvalue weighted by atomic mass is 35.5. The van der Waals surface area contributed by atoms with E-state index < -0.39 is 5.82 Å². The van der Waals surface area contributed by atoms with Crippen molar-refractivity contribution in [1.82, 2.24) is 24.9 Å². The highest BCUT2D eigenvalue weighted by Crippen LogP contribution is 2.28. The van der Waals surface area contributed by atoms with Crippen LogP contribution in [0.15, 0.2) is 42.7 Å². The number of benzene rings is 1. The molecule has 0 radical (unpaired) electrons. The topological polar surface area (TPSA) is 55.1 Å². The molecule has 5 nitrogen and oxygen atoms in total. The van der Waals surface area contributed by atoms with E-state index in [9.17, 15) is 8.78 Å². The fraction of sp³-hybridized carbons (Fsp3) is 0.190. The fourth-order valence-electron chi connectivity index (χ4n) is 3.63. The van der Waals surface area contributed by atoms with Crippen LogP contribution in [0.4, 0.5) is 8.78 Å². The summed E-state index contributed by atoms with van der Waals surface area (Å²) in [5.74, 6) is -0.815. The van der Waals surface area contributed by atoms with Crippen molar-refractivity contribution in [2.45, 2.75) is 13.3 Å². The third-order valence-electron chi connectivity index (χ3n) is 5.01. The van der Waals surface area contributed by atoms with E-state index in [1.807, 2.05) is 6.07 Å². The monoisotopic (exact) mass is 413 g/mol. The van der Waals surface area contributed by atoms with Crippen LogP contribution in [0.3, 0.4) is 0 Å². The lowest BCUT2D eigenvalue weighted by atomic mass is 9.98. The molecular weight excluding hydrogens is 396 g/mol. The van der Waals surface area contributed by atoms with Crippen LogP contribution in [-0.2, 0) is 0 Å². The number of pyridine rings is 1. The Labute approximate surface area is 171 Å². The minimum Gasteiger partial charge on any atom is -0.313 e. The van der Waals surface area contributed by atoms with Crippen molar-refractivity contribution in [1.29, 1.82) is 0 Å². The van der Waals surface area contributed by atoms with Gasteiger partial charge in [-0.1, -0.05) is 6.08 Å². The summed E-state index contributed by atoms with van der Waals surface area (Å²) >= 11 is 0. The molecule has 148 valence electrons. The van der Waals surface area contributed by atoms with Crippen LogP contribution < -0.4 is 5.32 Å². The summed E-state index contributed by atoms with van der Waals surface area (Å²) in [6, 6.07) is 6.36. The number of hydrogen-bond donors (Lipinski definition) is 1. The lowest BCUT2D eigenvalue weighted by Gasteiger charge is -2.15. The number of aryl methyl sites for hydroxylation is 1. The number of halogens is 3. The maximum absolute atomic E-state index is 14.8. The van der Waals surface area contributed by atoms with E-state index in [0.717, 1.165) is 30.6 Å². The highest BCUT2D eigenvalue weighted by Gasteiger charge is 2.14. The molecule has 1 aliphatic rings. The van der Waals surface area contributed by atoms with Gasteiger partial charge >= 0.3 is 0 Å². The normalized spacial score (nSPS) is 14.1. The quantitative estimate of drug-likeness (QED) is 0.531. The third kappa shape index (κ3) is 3.47. The molecule has 0 bridgehead atoms. The van der Waals surface area contributed by atoms with Crippen molar-refractivity contribution in [2.75, 3.05) is 13.1 Å². The van der Waals surface area contributed by atoms with E-state index >= 15 is 0 Å². The average molecular weight is 414 g/mol. The molecule has 0 saturated heterocycles. The third-order valence-corrected chi connectivity index (χ3v) is 5.01. The second-order valence-electron chi connectivity index (χ2n) is 6.99. The van der Waals surface area contributed by atoms with Gasteiger partial charge in [-0.25, -0.2) is 13.8 Å². The first kappa shape index (κ1) is 19.4. The summed E-state index contributed by atoms with van der Waals surface area (Å²) in [6.45, 7) is 3.45. The van der Waals surface area contributed by atoms with Gasteiger partial charge in [0.15, 0.2) is 11.5 Å². The van der Waals surface area contributed by atoms with Gasteiger partial charge in [-0.2, -0.15) is 0 Å². The molecule has 0 unspecified atom stereocenters. The second-order valence-corrected chi connectivity index (χ2v) is 6.99. The van der Waals surface area contributed by atoms with Crippen LogP contribution in [0.2, 0.25) is 0 Å². The molecule has 1 N–H and O–H groups in total. The van der Waals surface area contributed by atoms with Crippen LogP contribution in [0.1, 0.15) is 17.7 Å². The molecular formula is C21H18ClF2N5. The maximum atomic E-state index is 14.8. The molecule has 1 aromatic carbocycles. The first-order valence-electron chi connectivity index (χ1n) is 9.11. The maximum Gasteiger partial charge on any atom is 0.173 e. The van der Waals surface area contributed by atoms with Gasteiger partial charge in [0.2, 0.25) is 0 Å². The summed E-state index contributed by atoms with van der Waals surface area (Å²) < 4.78 is 30.8. The van der Waals surface area contributed by atoms with Gasteiger partial charge in [-0.3, -0.25) is 0 Å². The number of imidazole rings is 1. The van der Waals surface area contributed by atoms with Gasteiger partial charge in [-0.05, 0) is 55.3 Å². The van der Waals surface area contributed by atoms with E-state index in [1.165, 1.54) is 12.1 Å². The minimum absolute atomic E-state index is 0. The predicted octanol–water partition coefficient (Wildman–Crippen LogP) is 4.33. The van der Waals surface area contributed by atoms with Crippen molar-refractivity contribution in [3.63, 3.8) is 0 Å². The minimum atomic E-state index is -0.457. The Morgan fingerprint density at radius 1 is 1.00 bits per heavy atom. The summed E-state index contributed by atoms with van der Waals surface area (Å²) in [6.07, 6.45) is 6.37. The Bertz CT molecular complexity index is 1270. The number of nitrogens with zero attached hydrogens (tertiary/aromatic N) is 4. The molecule has 8 heteroatoms. The Morgan fingerprint density at radius 3 is 2.62 bits per heavy atom. The summed E-state index contributed by atoms with van der Waals surface area (Å²) in [5.41, 5.74) is 4.31. The molecule has 5 rings (SSSR count). The molecule has 0 spiro atoms. The van der Waals surface area contributed by atoms with Crippen molar-refractivity contribution in [2.24, 2.45) is 0 Å². The highest BCUT2D eigenvalue weighted by molar-refractivity contribution is 5.86. The van der Waals surface area contributed by atoms with Gasteiger partial charge < -0.3 is 9.72 Å². The van der Waals surface area contributed by atoms with Crippen molar-refractivity contribution in [3.05, 3.63) is 65.6 Å². The van der Waals surface area contributed by atoms with Crippen molar-refractivity contribution in [3.8, 4) is 11.3 Å². The van der Waals surface area contributed by atoms with E-state index in [4.69, 9.17) is 0 Å². The number of aromatic nitrogens is 4. The first-order chi connectivity index (χ1) is 13.6. The Morgan fingerprint density at radius 2 is 1.83 bits per heavy atom. The molecule has 0 saturated carbocycles.